The van der Waals surface area contributed by atoms with Gasteiger partial charge in [-0.15, -0.1) is 0 Å². The highest BCUT2D eigenvalue weighted by molar-refractivity contribution is 5.92. The molecular formula is C24H24N4O3. The molecule has 0 bridgehead atoms. The molecule has 4 aromatic rings. The van der Waals surface area contributed by atoms with Crippen molar-refractivity contribution in [3.63, 3.8) is 0 Å². The SMILES string of the molecule is CCOc1ccc(C(CNC(=O)c2cnccn2)c2c[nH]c3ccccc23)cc1OC. The van der Waals surface area contributed by atoms with E-state index in [0.717, 1.165) is 22.0 Å². The number of rotatable bonds is 8. The minimum absolute atomic E-state index is 0.110. The van der Waals surface area contributed by atoms with E-state index in [1.807, 2.05) is 49.5 Å². The molecule has 0 fully saturated rings. The molecule has 1 atom stereocenters. The summed E-state index contributed by atoms with van der Waals surface area (Å²) in [6.07, 6.45) is 6.49. The predicted octanol–water partition coefficient (Wildman–Crippen LogP) is 3.93. The molecule has 0 saturated heterocycles. The van der Waals surface area contributed by atoms with Gasteiger partial charge < -0.3 is 19.8 Å². The second-order valence-electron chi connectivity index (χ2n) is 6.99. The molecule has 0 saturated carbocycles. The number of H-pyrrole nitrogens is 1. The van der Waals surface area contributed by atoms with Crippen LogP contribution < -0.4 is 14.8 Å². The van der Waals surface area contributed by atoms with Crippen LogP contribution in [0.25, 0.3) is 10.9 Å². The van der Waals surface area contributed by atoms with Crippen molar-refractivity contribution in [2.24, 2.45) is 0 Å². The van der Waals surface area contributed by atoms with Gasteiger partial charge in [0.15, 0.2) is 11.5 Å². The van der Waals surface area contributed by atoms with E-state index in [9.17, 15) is 4.79 Å². The molecule has 0 aliphatic rings. The fourth-order valence-electron chi connectivity index (χ4n) is 3.67. The van der Waals surface area contributed by atoms with Crippen molar-refractivity contribution in [1.29, 1.82) is 0 Å². The number of ether oxygens (including phenoxy) is 2. The van der Waals surface area contributed by atoms with Gasteiger partial charge in [-0.1, -0.05) is 24.3 Å². The Balaban J connectivity index is 1.70. The molecule has 1 amide bonds. The Labute approximate surface area is 180 Å². The number of methoxy groups -OCH3 is 1. The number of fused-ring (bicyclic) bond motifs is 1. The first kappa shape index (κ1) is 20.4. The summed E-state index contributed by atoms with van der Waals surface area (Å²) < 4.78 is 11.2. The number of aromatic nitrogens is 3. The second kappa shape index (κ2) is 9.30. The van der Waals surface area contributed by atoms with E-state index in [4.69, 9.17) is 9.47 Å². The average molecular weight is 416 g/mol. The van der Waals surface area contributed by atoms with Gasteiger partial charge in [0.1, 0.15) is 5.69 Å². The Morgan fingerprint density at radius 1 is 1.16 bits per heavy atom. The first-order valence-corrected chi connectivity index (χ1v) is 10.1. The highest BCUT2D eigenvalue weighted by atomic mass is 16.5. The van der Waals surface area contributed by atoms with Crippen LogP contribution in [0.1, 0.15) is 34.5 Å². The molecular weight excluding hydrogens is 392 g/mol. The van der Waals surface area contributed by atoms with Crippen LogP contribution in [0, 0.1) is 0 Å². The van der Waals surface area contributed by atoms with Crippen LogP contribution >= 0.6 is 0 Å². The number of hydrogen-bond donors (Lipinski definition) is 2. The maximum atomic E-state index is 12.6. The fraction of sp³-hybridized carbons (Fsp3) is 0.208. The number of nitrogens with zero attached hydrogens (tertiary/aromatic N) is 2. The van der Waals surface area contributed by atoms with Gasteiger partial charge >= 0.3 is 0 Å². The van der Waals surface area contributed by atoms with E-state index in [1.165, 1.54) is 18.6 Å². The summed E-state index contributed by atoms with van der Waals surface area (Å²) in [5.74, 6) is 0.969. The third-order valence-corrected chi connectivity index (χ3v) is 5.15. The summed E-state index contributed by atoms with van der Waals surface area (Å²) >= 11 is 0. The fourth-order valence-corrected chi connectivity index (χ4v) is 3.67. The molecule has 2 aromatic heterocycles. The normalized spacial score (nSPS) is 11.8. The summed E-state index contributed by atoms with van der Waals surface area (Å²) in [5.41, 5.74) is 3.41. The number of amides is 1. The molecule has 2 aromatic carbocycles. The molecule has 31 heavy (non-hydrogen) atoms. The Kier molecular flexibility index (Phi) is 6.12. The lowest BCUT2D eigenvalue weighted by Crippen LogP contribution is -2.29. The predicted molar refractivity (Wildman–Crippen MR) is 119 cm³/mol. The molecule has 4 rings (SSSR count). The molecule has 1 unspecified atom stereocenters. The summed E-state index contributed by atoms with van der Waals surface area (Å²) in [6, 6.07) is 14.0. The number of aromatic amines is 1. The van der Waals surface area contributed by atoms with Crippen molar-refractivity contribution in [2.75, 3.05) is 20.3 Å². The van der Waals surface area contributed by atoms with E-state index >= 15 is 0 Å². The third kappa shape index (κ3) is 4.35. The largest absolute Gasteiger partial charge is 0.493 e. The maximum Gasteiger partial charge on any atom is 0.271 e. The topological polar surface area (TPSA) is 89.1 Å². The zero-order valence-electron chi connectivity index (χ0n) is 17.5. The minimum Gasteiger partial charge on any atom is -0.493 e. The van der Waals surface area contributed by atoms with Crippen molar-refractivity contribution < 1.29 is 14.3 Å². The molecule has 0 radical (unpaired) electrons. The van der Waals surface area contributed by atoms with Crippen LogP contribution in [0.4, 0.5) is 0 Å². The van der Waals surface area contributed by atoms with Crippen LogP contribution in [0.3, 0.4) is 0 Å². The number of carbonyl (C=O) groups excluding carboxylic acids is 1. The van der Waals surface area contributed by atoms with Crippen LogP contribution in [-0.2, 0) is 0 Å². The standard InChI is InChI=1S/C24H24N4O3/c1-3-31-22-9-8-16(12-23(22)30-2)18(13-28-24(29)21-15-25-10-11-26-21)19-14-27-20-7-5-4-6-17(19)20/h4-12,14-15,18,27H,3,13H2,1-2H3,(H,28,29). The van der Waals surface area contributed by atoms with Crippen molar-refractivity contribution >= 4 is 16.8 Å². The van der Waals surface area contributed by atoms with E-state index in [0.29, 0.717) is 24.7 Å². The monoisotopic (exact) mass is 416 g/mol. The lowest BCUT2D eigenvalue weighted by atomic mass is 9.90. The van der Waals surface area contributed by atoms with Gasteiger partial charge in [0, 0.05) is 42.0 Å². The lowest BCUT2D eigenvalue weighted by Gasteiger charge is -2.20. The Morgan fingerprint density at radius 2 is 2.03 bits per heavy atom. The molecule has 158 valence electrons. The van der Waals surface area contributed by atoms with Gasteiger partial charge in [-0.3, -0.25) is 9.78 Å². The molecule has 2 N–H and O–H groups in total. The van der Waals surface area contributed by atoms with Gasteiger partial charge in [-0.2, -0.15) is 0 Å². The second-order valence-corrected chi connectivity index (χ2v) is 6.99. The summed E-state index contributed by atoms with van der Waals surface area (Å²) in [7, 11) is 1.62. The maximum absolute atomic E-state index is 12.6. The van der Waals surface area contributed by atoms with E-state index in [-0.39, 0.29) is 17.5 Å². The van der Waals surface area contributed by atoms with Gasteiger partial charge in [0.2, 0.25) is 0 Å². The Bertz CT molecular complexity index is 1170. The molecule has 2 heterocycles. The van der Waals surface area contributed by atoms with Crippen LogP contribution in [0.5, 0.6) is 11.5 Å². The molecule has 7 heteroatoms. The number of nitrogens with one attached hydrogen (secondary N) is 2. The molecule has 0 aliphatic heterocycles. The zero-order chi connectivity index (χ0) is 21.6. The Morgan fingerprint density at radius 3 is 2.81 bits per heavy atom. The van der Waals surface area contributed by atoms with Crippen molar-refractivity contribution in [2.45, 2.75) is 12.8 Å². The van der Waals surface area contributed by atoms with Gasteiger partial charge in [-0.25, -0.2) is 4.98 Å². The highest BCUT2D eigenvalue weighted by Gasteiger charge is 2.21. The van der Waals surface area contributed by atoms with E-state index in [2.05, 4.69) is 26.3 Å². The molecule has 0 aliphatic carbocycles. The van der Waals surface area contributed by atoms with Crippen LogP contribution in [0.2, 0.25) is 0 Å². The highest BCUT2D eigenvalue weighted by Crippen LogP contribution is 2.35. The quantitative estimate of drug-likeness (QED) is 0.454. The van der Waals surface area contributed by atoms with E-state index < -0.39 is 0 Å². The van der Waals surface area contributed by atoms with Gasteiger partial charge in [0.25, 0.3) is 5.91 Å². The first-order chi connectivity index (χ1) is 15.2. The minimum atomic E-state index is -0.268. The zero-order valence-corrected chi connectivity index (χ0v) is 17.5. The number of hydrogen-bond acceptors (Lipinski definition) is 5. The number of benzene rings is 2. The number of para-hydroxylation sites is 1. The summed E-state index contributed by atoms with van der Waals surface area (Å²) in [6.45, 7) is 2.87. The molecule has 7 nitrogen and oxygen atoms in total. The molecule has 0 spiro atoms. The Hall–Kier alpha value is -3.87. The van der Waals surface area contributed by atoms with E-state index in [1.54, 1.807) is 7.11 Å². The van der Waals surface area contributed by atoms with Crippen molar-refractivity contribution in [1.82, 2.24) is 20.3 Å². The first-order valence-electron chi connectivity index (χ1n) is 10.1. The smallest absolute Gasteiger partial charge is 0.271 e. The van der Waals surface area contributed by atoms with Crippen molar-refractivity contribution in [3.8, 4) is 11.5 Å². The summed E-state index contributed by atoms with van der Waals surface area (Å²) in [5, 5.41) is 4.11. The number of carbonyl (C=O) groups is 1. The van der Waals surface area contributed by atoms with Crippen molar-refractivity contribution in [3.05, 3.63) is 84.1 Å². The summed E-state index contributed by atoms with van der Waals surface area (Å²) in [4.78, 5) is 24.0. The van der Waals surface area contributed by atoms with Crippen LogP contribution in [-0.4, -0.2) is 41.1 Å². The average Bonchev–Trinajstić information content (AvgIpc) is 3.24. The van der Waals surface area contributed by atoms with Crippen LogP contribution in [0.15, 0.2) is 67.3 Å². The third-order valence-electron chi connectivity index (χ3n) is 5.15. The van der Waals surface area contributed by atoms with Gasteiger partial charge in [0.05, 0.1) is 19.9 Å². The lowest BCUT2D eigenvalue weighted by molar-refractivity contribution is 0.0947. The van der Waals surface area contributed by atoms with Gasteiger partial charge in [-0.05, 0) is 36.2 Å².